The Morgan fingerprint density at radius 2 is 0.754 bits per heavy atom. The molecular formula is C54H34N2O. The number of benzene rings is 9. The van der Waals surface area contributed by atoms with Crippen LogP contribution in [0.1, 0.15) is 0 Å². The van der Waals surface area contributed by atoms with Gasteiger partial charge in [0.1, 0.15) is 0 Å². The summed E-state index contributed by atoms with van der Waals surface area (Å²) in [4.78, 5) is 0. The first-order chi connectivity index (χ1) is 28.2. The lowest BCUT2D eigenvalue weighted by molar-refractivity contribution is 0.476. The van der Waals surface area contributed by atoms with Crippen molar-refractivity contribution >= 4 is 43.6 Å². The molecule has 266 valence electrons. The van der Waals surface area contributed by atoms with Crippen LogP contribution in [0.5, 0.6) is 11.5 Å². The molecule has 0 spiro atoms. The Morgan fingerprint density at radius 1 is 0.281 bits per heavy atom. The number of nitrogens with zero attached hydrogens (tertiary/aromatic N) is 2. The van der Waals surface area contributed by atoms with Crippen LogP contribution in [0.3, 0.4) is 0 Å². The Hall–Kier alpha value is -7.62. The maximum absolute atomic E-state index is 6.56. The summed E-state index contributed by atoms with van der Waals surface area (Å²) in [6, 6.07) is 74.4. The van der Waals surface area contributed by atoms with Crippen molar-refractivity contribution in [2.75, 3.05) is 0 Å². The Bertz CT molecular complexity index is 3240. The maximum Gasteiger partial charge on any atom is 0.152 e. The van der Waals surface area contributed by atoms with E-state index in [2.05, 4.69) is 215 Å². The molecule has 0 radical (unpaired) electrons. The monoisotopic (exact) mass is 726 g/mol. The third-order valence-electron chi connectivity index (χ3n) is 11.7. The summed E-state index contributed by atoms with van der Waals surface area (Å²) >= 11 is 0. The summed E-state index contributed by atoms with van der Waals surface area (Å²) in [7, 11) is 0. The largest absolute Gasteiger partial charge is 0.453 e. The molecule has 0 saturated carbocycles. The highest BCUT2D eigenvalue weighted by molar-refractivity contribution is 6.13. The van der Waals surface area contributed by atoms with Crippen LogP contribution in [-0.2, 0) is 0 Å². The quantitative estimate of drug-likeness (QED) is 0.173. The zero-order valence-electron chi connectivity index (χ0n) is 30.9. The fraction of sp³-hybridized carbons (Fsp3) is 0. The lowest BCUT2D eigenvalue weighted by atomic mass is 9.99. The molecule has 0 bridgehead atoms. The molecule has 3 heteroatoms. The fourth-order valence-electron chi connectivity index (χ4n) is 8.98. The molecule has 9 aromatic carbocycles. The highest BCUT2D eigenvalue weighted by Gasteiger charge is 2.24. The van der Waals surface area contributed by atoms with Crippen molar-refractivity contribution < 1.29 is 4.74 Å². The van der Waals surface area contributed by atoms with Gasteiger partial charge in [-0.3, -0.25) is 0 Å². The average Bonchev–Trinajstić information content (AvgIpc) is 3.80. The van der Waals surface area contributed by atoms with Crippen LogP contribution in [0.25, 0.3) is 99.5 Å². The van der Waals surface area contributed by atoms with Crippen molar-refractivity contribution in [2.24, 2.45) is 0 Å². The van der Waals surface area contributed by atoms with Gasteiger partial charge in [-0.15, -0.1) is 0 Å². The molecule has 0 atom stereocenters. The van der Waals surface area contributed by atoms with E-state index in [-0.39, 0.29) is 0 Å². The van der Waals surface area contributed by atoms with E-state index >= 15 is 0 Å². The van der Waals surface area contributed by atoms with E-state index in [4.69, 9.17) is 4.74 Å². The van der Waals surface area contributed by atoms with Gasteiger partial charge >= 0.3 is 0 Å². The maximum atomic E-state index is 6.56. The second-order valence-corrected chi connectivity index (χ2v) is 14.9. The first-order valence-corrected chi connectivity index (χ1v) is 19.5. The van der Waals surface area contributed by atoms with Crippen LogP contribution in [0, 0.1) is 0 Å². The molecule has 2 aromatic heterocycles. The Balaban J connectivity index is 0.889. The molecule has 0 fully saturated rings. The molecule has 0 N–H and O–H groups in total. The summed E-state index contributed by atoms with van der Waals surface area (Å²) in [5.41, 5.74) is 16.4. The van der Waals surface area contributed by atoms with Gasteiger partial charge < -0.3 is 13.9 Å². The summed E-state index contributed by atoms with van der Waals surface area (Å²) in [5.74, 6) is 1.76. The van der Waals surface area contributed by atoms with E-state index in [0.717, 1.165) is 39.5 Å². The Morgan fingerprint density at radius 3 is 1.40 bits per heavy atom. The first-order valence-electron chi connectivity index (χ1n) is 19.5. The van der Waals surface area contributed by atoms with Gasteiger partial charge in [0.2, 0.25) is 0 Å². The van der Waals surface area contributed by atoms with Crippen molar-refractivity contribution in [2.45, 2.75) is 0 Å². The van der Waals surface area contributed by atoms with Gasteiger partial charge in [0.25, 0.3) is 0 Å². The first kappa shape index (κ1) is 31.7. The summed E-state index contributed by atoms with van der Waals surface area (Å²) in [6.07, 6.45) is 0. The molecule has 0 aliphatic carbocycles. The standard InChI is InChI=1S/C54H34N2O/c1-3-10-35(11-4-1)40-24-29-49-46(32-40)47-33-41(36-12-5-2-6-13-36)25-30-50(47)55(49)43-27-22-38(23-28-43)37-18-20-39(21-19-37)42-26-31-51-53(34-42)57-52-17-9-15-45-44-14-7-8-16-48(44)56(51)54(45)52/h1-34H. The van der Waals surface area contributed by atoms with Gasteiger partial charge in [0.15, 0.2) is 11.5 Å². The van der Waals surface area contributed by atoms with Crippen LogP contribution >= 0.6 is 0 Å². The van der Waals surface area contributed by atoms with E-state index in [1.165, 1.54) is 71.5 Å². The zero-order chi connectivity index (χ0) is 37.5. The molecule has 11 aromatic rings. The van der Waals surface area contributed by atoms with Crippen molar-refractivity contribution in [3.05, 3.63) is 206 Å². The molecule has 12 rings (SSSR count). The molecule has 57 heavy (non-hydrogen) atoms. The molecule has 1 aliphatic rings. The number of hydrogen-bond acceptors (Lipinski definition) is 1. The fourth-order valence-corrected chi connectivity index (χ4v) is 8.98. The van der Waals surface area contributed by atoms with Gasteiger partial charge in [-0.25, -0.2) is 0 Å². The van der Waals surface area contributed by atoms with E-state index in [9.17, 15) is 0 Å². The average molecular weight is 727 g/mol. The minimum atomic E-state index is 0.867. The minimum absolute atomic E-state index is 0.867. The summed E-state index contributed by atoms with van der Waals surface area (Å²) in [6.45, 7) is 0. The highest BCUT2D eigenvalue weighted by Crippen LogP contribution is 2.46. The van der Waals surface area contributed by atoms with Gasteiger partial charge in [-0.1, -0.05) is 146 Å². The predicted octanol–water partition coefficient (Wildman–Crippen LogP) is 14.7. The van der Waals surface area contributed by atoms with Crippen LogP contribution in [0.15, 0.2) is 206 Å². The van der Waals surface area contributed by atoms with Gasteiger partial charge in [-0.05, 0) is 105 Å². The molecular weight excluding hydrogens is 693 g/mol. The topological polar surface area (TPSA) is 19.1 Å². The predicted molar refractivity (Wildman–Crippen MR) is 237 cm³/mol. The van der Waals surface area contributed by atoms with Gasteiger partial charge in [0, 0.05) is 27.2 Å². The van der Waals surface area contributed by atoms with Gasteiger partial charge in [-0.2, -0.15) is 0 Å². The van der Waals surface area contributed by atoms with E-state index in [1.54, 1.807) is 0 Å². The number of aromatic nitrogens is 2. The SMILES string of the molecule is c1ccc(-c2ccc3c(c2)c2cc(-c4ccccc4)ccc2n3-c2ccc(-c3ccc(-c4ccc5c(c4)Oc4cccc6c7ccccc7n-5c46)cc3)cc2)cc1. The van der Waals surface area contributed by atoms with Crippen LogP contribution < -0.4 is 4.74 Å². The third-order valence-corrected chi connectivity index (χ3v) is 11.7. The van der Waals surface area contributed by atoms with Crippen LogP contribution in [-0.4, -0.2) is 9.13 Å². The third kappa shape index (κ3) is 4.99. The molecule has 0 amide bonds. The minimum Gasteiger partial charge on any atom is -0.453 e. The highest BCUT2D eigenvalue weighted by atomic mass is 16.5. The second-order valence-electron chi connectivity index (χ2n) is 14.9. The lowest BCUT2D eigenvalue weighted by Crippen LogP contribution is -2.04. The Kier molecular flexibility index (Phi) is 6.93. The van der Waals surface area contributed by atoms with Gasteiger partial charge in [0.05, 0.1) is 27.8 Å². The molecule has 1 aliphatic heterocycles. The van der Waals surface area contributed by atoms with Crippen LogP contribution in [0.2, 0.25) is 0 Å². The normalized spacial score (nSPS) is 12.0. The van der Waals surface area contributed by atoms with Crippen molar-refractivity contribution in [1.29, 1.82) is 0 Å². The number of para-hydroxylation sites is 2. The van der Waals surface area contributed by atoms with Crippen molar-refractivity contribution in [3.63, 3.8) is 0 Å². The molecule has 0 saturated heterocycles. The molecule has 3 nitrogen and oxygen atoms in total. The number of fused-ring (bicyclic) bond motifs is 8. The summed E-state index contributed by atoms with van der Waals surface area (Å²) < 4.78 is 11.3. The Labute approximate surface area is 329 Å². The van der Waals surface area contributed by atoms with Crippen molar-refractivity contribution in [3.8, 4) is 67.4 Å². The zero-order valence-corrected chi connectivity index (χ0v) is 30.9. The van der Waals surface area contributed by atoms with E-state index in [0.29, 0.717) is 0 Å². The number of rotatable bonds is 5. The van der Waals surface area contributed by atoms with Crippen molar-refractivity contribution in [1.82, 2.24) is 9.13 Å². The molecule has 0 unspecified atom stereocenters. The smallest absolute Gasteiger partial charge is 0.152 e. The lowest BCUT2D eigenvalue weighted by Gasteiger charge is -2.21. The number of hydrogen-bond donors (Lipinski definition) is 0. The van der Waals surface area contributed by atoms with E-state index in [1.807, 2.05) is 0 Å². The second kappa shape index (κ2) is 12.5. The van der Waals surface area contributed by atoms with Crippen LogP contribution in [0.4, 0.5) is 0 Å². The van der Waals surface area contributed by atoms with E-state index < -0.39 is 0 Å². The summed E-state index contributed by atoms with van der Waals surface area (Å²) in [5, 5.41) is 4.95. The number of ether oxygens (including phenoxy) is 1. The molecule has 3 heterocycles.